The maximum Gasteiger partial charge on any atom is 0.131 e. The Kier molecular flexibility index (Phi) is 7.61. The smallest absolute Gasteiger partial charge is 0.131 e. The molecule has 120 valence electrons. The molecular weight excluding hydrogens is 264 g/mol. The summed E-state index contributed by atoms with van der Waals surface area (Å²) in [5.74, 6) is 1.17. The fourth-order valence-corrected chi connectivity index (χ4v) is 2.51. The molecule has 0 unspecified atom stereocenters. The molecule has 0 aliphatic carbocycles. The van der Waals surface area contributed by atoms with E-state index in [1.807, 2.05) is 6.20 Å². The number of hydrogen-bond donors (Lipinski definition) is 1. The third-order valence-corrected chi connectivity index (χ3v) is 3.80. The zero-order valence-corrected chi connectivity index (χ0v) is 14.1. The molecular formula is C16H30N4O. The van der Waals surface area contributed by atoms with Crippen molar-refractivity contribution in [3.05, 3.63) is 17.7 Å². The van der Waals surface area contributed by atoms with Gasteiger partial charge in [0, 0.05) is 32.2 Å². The van der Waals surface area contributed by atoms with E-state index in [9.17, 15) is 0 Å². The van der Waals surface area contributed by atoms with Crippen LogP contribution in [0.15, 0.2) is 6.20 Å². The van der Waals surface area contributed by atoms with Gasteiger partial charge in [0.25, 0.3) is 0 Å². The predicted octanol–water partition coefficient (Wildman–Crippen LogP) is 2.70. The largest absolute Gasteiger partial charge is 0.383 e. The van der Waals surface area contributed by atoms with Crippen LogP contribution in [0.4, 0.5) is 5.69 Å². The second-order valence-electron chi connectivity index (χ2n) is 5.58. The fraction of sp³-hybridized carbons (Fsp3) is 0.750. The summed E-state index contributed by atoms with van der Waals surface area (Å²) >= 11 is 0. The second-order valence-corrected chi connectivity index (χ2v) is 5.58. The summed E-state index contributed by atoms with van der Waals surface area (Å²) in [5, 5.41) is 0. The number of ether oxygens (including phenoxy) is 1. The van der Waals surface area contributed by atoms with E-state index in [2.05, 4.69) is 42.6 Å². The van der Waals surface area contributed by atoms with Crippen LogP contribution in [0.3, 0.4) is 0 Å². The number of hydrogen-bond acceptors (Lipinski definition) is 5. The second kappa shape index (κ2) is 8.95. The fourth-order valence-electron chi connectivity index (χ4n) is 2.51. The molecule has 0 aromatic carbocycles. The number of rotatable bonds is 9. The molecule has 0 saturated carbocycles. The maximum atomic E-state index is 5.92. The number of nitrogens with zero attached hydrogens (tertiary/aromatic N) is 3. The van der Waals surface area contributed by atoms with Crippen molar-refractivity contribution in [2.75, 3.05) is 25.2 Å². The molecule has 1 rings (SSSR count). The van der Waals surface area contributed by atoms with Crippen molar-refractivity contribution in [2.24, 2.45) is 5.73 Å². The highest BCUT2D eigenvalue weighted by Crippen LogP contribution is 2.24. The summed E-state index contributed by atoms with van der Waals surface area (Å²) in [6.45, 7) is 10.6. The van der Waals surface area contributed by atoms with E-state index in [0.717, 1.165) is 36.6 Å². The van der Waals surface area contributed by atoms with Crippen LogP contribution in [-0.4, -0.2) is 36.3 Å². The molecule has 1 aromatic heterocycles. The van der Waals surface area contributed by atoms with Crippen LogP contribution < -0.4 is 10.6 Å². The van der Waals surface area contributed by atoms with Gasteiger partial charge in [0.2, 0.25) is 0 Å². The lowest BCUT2D eigenvalue weighted by molar-refractivity contribution is 0.202. The van der Waals surface area contributed by atoms with Crippen molar-refractivity contribution in [1.29, 1.82) is 0 Å². The first-order valence-electron chi connectivity index (χ1n) is 7.90. The monoisotopic (exact) mass is 294 g/mol. The van der Waals surface area contributed by atoms with Gasteiger partial charge in [0.15, 0.2) is 0 Å². The molecule has 21 heavy (non-hydrogen) atoms. The Morgan fingerprint density at radius 1 is 1.29 bits per heavy atom. The third-order valence-electron chi connectivity index (χ3n) is 3.80. The van der Waals surface area contributed by atoms with Crippen LogP contribution in [0.1, 0.15) is 58.0 Å². The highest BCUT2D eigenvalue weighted by molar-refractivity contribution is 5.50. The van der Waals surface area contributed by atoms with Crippen LogP contribution in [0.2, 0.25) is 0 Å². The molecule has 0 amide bonds. The van der Waals surface area contributed by atoms with Crippen LogP contribution in [0.5, 0.6) is 0 Å². The zero-order valence-electron chi connectivity index (χ0n) is 14.1. The Bertz CT molecular complexity index is 419. The number of methoxy groups -OCH3 is 1. The Morgan fingerprint density at radius 2 is 1.95 bits per heavy atom. The molecule has 1 heterocycles. The Balaban J connectivity index is 3.16. The van der Waals surface area contributed by atoms with Gasteiger partial charge in [-0.25, -0.2) is 9.97 Å². The summed E-state index contributed by atoms with van der Waals surface area (Å²) in [4.78, 5) is 11.5. The highest BCUT2D eigenvalue weighted by atomic mass is 16.5. The molecule has 1 aromatic rings. The number of aromatic nitrogens is 2. The van der Waals surface area contributed by atoms with Gasteiger partial charge in [-0.15, -0.1) is 0 Å². The van der Waals surface area contributed by atoms with E-state index < -0.39 is 0 Å². The Labute approximate surface area is 128 Å². The third kappa shape index (κ3) is 4.64. The Morgan fingerprint density at radius 3 is 2.43 bits per heavy atom. The summed E-state index contributed by atoms with van der Waals surface area (Å²) in [6, 6.07) is 0.457. The highest BCUT2D eigenvalue weighted by Gasteiger charge is 2.20. The van der Waals surface area contributed by atoms with Crippen molar-refractivity contribution >= 4 is 5.69 Å². The molecule has 0 bridgehead atoms. The first-order chi connectivity index (χ1) is 10.1. The van der Waals surface area contributed by atoms with E-state index >= 15 is 0 Å². The van der Waals surface area contributed by atoms with Crippen molar-refractivity contribution < 1.29 is 4.74 Å². The molecule has 0 aliphatic rings. The van der Waals surface area contributed by atoms with Crippen LogP contribution in [0, 0.1) is 0 Å². The summed E-state index contributed by atoms with van der Waals surface area (Å²) in [5.41, 5.74) is 7.90. The number of nitrogens with two attached hydrogens (primary N) is 1. The van der Waals surface area contributed by atoms with Crippen LogP contribution in [-0.2, 0) is 11.3 Å². The zero-order chi connectivity index (χ0) is 15.8. The topological polar surface area (TPSA) is 64.3 Å². The molecule has 0 spiro atoms. The van der Waals surface area contributed by atoms with Gasteiger partial charge in [0.1, 0.15) is 5.82 Å². The predicted molar refractivity (Wildman–Crippen MR) is 87.6 cm³/mol. The molecule has 0 radical (unpaired) electrons. The molecule has 2 N–H and O–H groups in total. The average Bonchev–Trinajstić information content (AvgIpc) is 2.50. The maximum absolute atomic E-state index is 5.92. The van der Waals surface area contributed by atoms with Gasteiger partial charge in [-0.05, 0) is 12.8 Å². The molecule has 0 saturated heterocycles. The molecule has 0 aliphatic heterocycles. The van der Waals surface area contributed by atoms with E-state index in [1.54, 1.807) is 7.11 Å². The molecule has 0 fully saturated rings. The van der Waals surface area contributed by atoms with Gasteiger partial charge >= 0.3 is 0 Å². The number of anilines is 1. The van der Waals surface area contributed by atoms with Gasteiger partial charge in [0.05, 0.1) is 24.2 Å². The molecule has 5 heteroatoms. The summed E-state index contributed by atoms with van der Waals surface area (Å²) < 4.78 is 5.25. The first kappa shape index (κ1) is 17.9. The van der Waals surface area contributed by atoms with E-state index in [0.29, 0.717) is 25.1 Å². The van der Waals surface area contributed by atoms with Crippen LogP contribution >= 0.6 is 0 Å². The van der Waals surface area contributed by atoms with E-state index in [1.165, 1.54) is 0 Å². The van der Waals surface area contributed by atoms with Gasteiger partial charge < -0.3 is 15.4 Å². The summed E-state index contributed by atoms with van der Waals surface area (Å²) in [6.07, 6.45) is 4.09. The molecule has 0 atom stereocenters. The van der Waals surface area contributed by atoms with Crippen molar-refractivity contribution in [3.63, 3.8) is 0 Å². The first-order valence-corrected chi connectivity index (χ1v) is 7.90. The molecule has 5 nitrogen and oxygen atoms in total. The quantitative estimate of drug-likeness (QED) is 0.758. The average molecular weight is 294 g/mol. The van der Waals surface area contributed by atoms with Gasteiger partial charge in [-0.1, -0.05) is 27.7 Å². The van der Waals surface area contributed by atoms with Gasteiger partial charge in [-0.3, -0.25) is 0 Å². The minimum atomic E-state index is 0.310. The van der Waals surface area contributed by atoms with E-state index in [4.69, 9.17) is 10.5 Å². The minimum Gasteiger partial charge on any atom is -0.383 e. The Hall–Kier alpha value is -1.20. The lowest BCUT2D eigenvalue weighted by Crippen LogP contribution is -2.38. The standard InChI is InChI=1S/C16H30N4O/c1-6-13(7-2)20(8-9-21-5)15-11-18-16(12(3)4)19-14(15)10-17/h11-13H,6-10,17H2,1-5H3. The lowest BCUT2D eigenvalue weighted by atomic mass is 10.1. The minimum absolute atomic E-state index is 0.310. The SMILES string of the molecule is CCC(CC)N(CCOC)c1cnc(C(C)C)nc1CN. The van der Waals surface area contributed by atoms with Crippen molar-refractivity contribution in [2.45, 2.75) is 59.0 Å². The van der Waals surface area contributed by atoms with E-state index in [-0.39, 0.29) is 0 Å². The van der Waals surface area contributed by atoms with Crippen LogP contribution in [0.25, 0.3) is 0 Å². The summed E-state index contributed by atoms with van der Waals surface area (Å²) in [7, 11) is 1.73. The lowest BCUT2D eigenvalue weighted by Gasteiger charge is -2.33. The van der Waals surface area contributed by atoms with Gasteiger partial charge in [-0.2, -0.15) is 0 Å². The normalized spacial score (nSPS) is 11.4. The van der Waals surface area contributed by atoms with Crippen molar-refractivity contribution in [3.8, 4) is 0 Å². The van der Waals surface area contributed by atoms with Crippen molar-refractivity contribution in [1.82, 2.24) is 9.97 Å².